The lowest BCUT2D eigenvalue weighted by molar-refractivity contribution is -0.114. The van der Waals surface area contributed by atoms with Gasteiger partial charge in [-0.2, -0.15) is 9.39 Å². The maximum atomic E-state index is 12.7. The molecule has 3 heterocycles. The van der Waals surface area contributed by atoms with Crippen molar-refractivity contribution in [2.24, 2.45) is 15.3 Å². The molecule has 0 saturated heterocycles. The van der Waals surface area contributed by atoms with Gasteiger partial charge in [-0.05, 0) is 43.2 Å². The molecule has 0 bridgehead atoms. The molecule has 0 aliphatic carbocycles. The zero-order valence-corrected chi connectivity index (χ0v) is 20.0. The molecule has 32 heavy (non-hydrogen) atoms. The molecule has 0 unspecified atom stereocenters. The molecule has 1 aromatic heterocycles. The molecule has 1 N–H and O–H groups in total. The van der Waals surface area contributed by atoms with Crippen LogP contribution in [0.15, 0.2) is 65.8 Å². The number of nitrogens with one attached hydrogen (secondary N) is 1. The molecule has 0 atom stereocenters. The van der Waals surface area contributed by atoms with E-state index in [4.69, 9.17) is 9.83 Å². The summed E-state index contributed by atoms with van der Waals surface area (Å²) in [5.41, 5.74) is 1.09. The van der Waals surface area contributed by atoms with Crippen LogP contribution in [0.4, 0.5) is 0 Å². The third-order valence-corrected chi connectivity index (χ3v) is 8.13. The smallest absolute Gasteiger partial charge is 0.283 e. The number of carbonyl (C=O) groups is 1. The lowest BCUT2D eigenvalue weighted by atomic mass is 10.1. The molecule has 2 aliphatic rings. The standard InChI is InChI=1S/C21H20N4O4S3/c1-12(2)11-32(27,28)21-24-31-20-23-19(26)16(18(22)25(20)21)10-14-6-9-17(29-14)30-15-7-4-13(3)5-8-15/h4-10,12,22H,11H2,1-3H3/b16-10-,22-18?. The third-order valence-electron chi connectivity index (χ3n) is 4.45. The third kappa shape index (κ3) is 4.59. The maximum Gasteiger partial charge on any atom is 0.283 e. The van der Waals surface area contributed by atoms with Gasteiger partial charge in [-0.15, -0.1) is 0 Å². The fourth-order valence-corrected chi connectivity index (χ4v) is 6.55. The molecule has 11 heteroatoms. The van der Waals surface area contributed by atoms with Crippen LogP contribution in [0.5, 0.6) is 0 Å². The monoisotopic (exact) mass is 488 g/mol. The van der Waals surface area contributed by atoms with Crippen LogP contribution >= 0.6 is 23.7 Å². The van der Waals surface area contributed by atoms with Crippen molar-refractivity contribution in [1.82, 2.24) is 4.90 Å². The van der Waals surface area contributed by atoms with Gasteiger partial charge < -0.3 is 4.42 Å². The van der Waals surface area contributed by atoms with Gasteiger partial charge in [0.15, 0.2) is 5.09 Å². The topological polar surface area (TPSA) is 116 Å². The summed E-state index contributed by atoms with van der Waals surface area (Å²) in [5, 5.41) is 8.92. The number of fused-ring (bicyclic) bond motifs is 1. The molecule has 1 amide bonds. The molecule has 8 nitrogen and oxygen atoms in total. The first-order valence-corrected chi connectivity index (χ1v) is 12.9. The second-order valence-corrected chi connectivity index (χ2v) is 11.4. The Bertz CT molecular complexity index is 1290. The van der Waals surface area contributed by atoms with Gasteiger partial charge in [0, 0.05) is 4.90 Å². The number of aryl methyl sites for hydroxylation is 1. The summed E-state index contributed by atoms with van der Waals surface area (Å²) in [7, 11) is -3.74. The number of amidine groups is 3. The summed E-state index contributed by atoms with van der Waals surface area (Å²) < 4.78 is 35.2. The highest BCUT2D eigenvalue weighted by Crippen LogP contribution is 2.33. The molecule has 0 spiro atoms. The lowest BCUT2D eigenvalue weighted by Crippen LogP contribution is -2.46. The van der Waals surface area contributed by atoms with E-state index in [0.717, 1.165) is 27.3 Å². The molecule has 2 aliphatic heterocycles. The predicted octanol–water partition coefficient (Wildman–Crippen LogP) is 4.39. The fourth-order valence-electron chi connectivity index (χ4n) is 3.04. The summed E-state index contributed by atoms with van der Waals surface area (Å²) in [5.74, 6) is -0.803. The number of carbonyl (C=O) groups excluding carboxylic acids is 1. The number of aliphatic imine (C=N–C) groups is 1. The van der Waals surface area contributed by atoms with Crippen LogP contribution < -0.4 is 0 Å². The fraction of sp³-hybridized carbons (Fsp3) is 0.238. The SMILES string of the molecule is Cc1ccc(Sc2ccc(/C=C3/C(=N)N4C(=NC3=O)SN=C4S(=O)(=O)CC(C)C)o2)cc1. The summed E-state index contributed by atoms with van der Waals surface area (Å²) in [6.07, 6.45) is 1.40. The lowest BCUT2D eigenvalue weighted by Gasteiger charge is -2.24. The van der Waals surface area contributed by atoms with Crippen LogP contribution in [0.1, 0.15) is 25.2 Å². The Kier molecular flexibility index (Phi) is 6.15. The van der Waals surface area contributed by atoms with E-state index in [0.29, 0.717) is 10.9 Å². The molecule has 4 rings (SSSR count). The first kappa shape index (κ1) is 22.6. The average Bonchev–Trinajstić information content (AvgIpc) is 3.33. The normalized spacial score (nSPS) is 17.8. The number of amides is 1. The van der Waals surface area contributed by atoms with Crippen molar-refractivity contribution in [3.63, 3.8) is 0 Å². The summed E-state index contributed by atoms with van der Waals surface area (Å²) in [6, 6.07) is 11.4. The number of benzene rings is 1. The van der Waals surface area contributed by atoms with Crippen LogP contribution in [-0.4, -0.2) is 41.1 Å². The van der Waals surface area contributed by atoms with E-state index < -0.39 is 15.7 Å². The zero-order chi connectivity index (χ0) is 23.0. The van der Waals surface area contributed by atoms with E-state index >= 15 is 0 Å². The molecule has 166 valence electrons. The maximum absolute atomic E-state index is 12.7. The van der Waals surface area contributed by atoms with Crippen molar-refractivity contribution in [1.29, 1.82) is 5.41 Å². The van der Waals surface area contributed by atoms with Crippen molar-refractivity contribution < 1.29 is 17.6 Å². The van der Waals surface area contributed by atoms with Crippen LogP contribution in [0.3, 0.4) is 0 Å². The van der Waals surface area contributed by atoms with Gasteiger partial charge in [0.2, 0.25) is 20.2 Å². The second kappa shape index (κ2) is 8.72. The van der Waals surface area contributed by atoms with Crippen molar-refractivity contribution in [3.8, 4) is 0 Å². The number of rotatable bonds is 5. The van der Waals surface area contributed by atoms with Crippen molar-refractivity contribution in [2.75, 3.05) is 5.75 Å². The second-order valence-electron chi connectivity index (χ2n) is 7.65. The molecular formula is C21H20N4O4S3. The quantitative estimate of drug-likeness (QED) is 0.490. The van der Waals surface area contributed by atoms with Crippen LogP contribution in [0.2, 0.25) is 0 Å². The number of hydrogen-bond donors (Lipinski definition) is 1. The molecule has 2 aromatic rings. The minimum Gasteiger partial charge on any atom is -0.450 e. The Morgan fingerprint density at radius 2 is 1.94 bits per heavy atom. The minimum atomic E-state index is -3.74. The summed E-state index contributed by atoms with van der Waals surface area (Å²) in [6.45, 7) is 5.59. The van der Waals surface area contributed by atoms with Gasteiger partial charge in [0.25, 0.3) is 5.91 Å². The van der Waals surface area contributed by atoms with Crippen LogP contribution in [-0.2, 0) is 14.6 Å². The van der Waals surface area contributed by atoms with Gasteiger partial charge in [-0.1, -0.05) is 43.3 Å². The molecule has 0 fully saturated rings. The van der Waals surface area contributed by atoms with E-state index in [1.54, 1.807) is 26.0 Å². The van der Waals surface area contributed by atoms with Crippen molar-refractivity contribution >= 4 is 61.7 Å². The van der Waals surface area contributed by atoms with E-state index in [1.807, 2.05) is 31.2 Å². The molecule has 1 aromatic carbocycles. The van der Waals surface area contributed by atoms with Gasteiger partial charge in [-0.25, -0.2) is 13.3 Å². The van der Waals surface area contributed by atoms with E-state index in [-0.39, 0.29) is 33.4 Å². The first-order chi connectivity index (χ1) is 15.1. The summed E-state index contributed by atoms with van der Waals surface area (Å²) in [4.78, 5) is 18.6. The summed E-state index contributed by atoms with van der Waals surface area (Å²) >= 11 is 2.21. The average molecular weight is 489 g/mol. The Hall–Kier alpha value is -2.63. The number of sulfone groups is 1. The largest absolute Gasteiger partial charge is 0.450 e. The van der Waals surface area contributed by atoms with E-state index in [1.165, 1.54) is 17.8 Å². The highest BCUT2D eigenvalue weighted by molar-refractivity contribution is 8.16. The van der Waals surface area contributed by atoms with Crippen molar-refractivity contribution in [2.45, 2.75) is 30.8 Å². The first-order valence-electron chi connectivity index (χ1n) is 9.70. The Labute approximate surface area is 194 Å². The zero-order valence-electron chi connectivity index (χ0n) is 17.5. The number of nitrogens with zero attached hydrogens (tertiary/aromatic N) is 3. The minimum absolute atomic E-state index is 0.0644. The van der Waals surface area contributed by atoms with Gasteiger partial charge in [0.1, 0.15) is 11.6 Å². The predicted molar refractivity (Wildman–Crippen MR) is 128 cm³/mol. The number of hydrogen-bond acceptors (Lipinski definition) is 8. The van der Waals surface area contributed by atoms with Gasteiger partial charge in [0.05, 0.1) is 23.3 Å². The van der Waals surface area contributed by atoms with Crippen LogP contribution in [0.25, 0.3) is 6.08 Å². The highest BCUT2D eigenvalue weighted by atomic mass is 32.2. The molecular weight excluding hydrogens is 468 g/mol. The number of furan rings is 1. The van der Waals surface area contributed by atoms with Gasteiger partial charge in [-0.3, -0.25) is 10.2 Å². The van der Waals surface area contributed by atoms with E-state index in [2.05, 4.69) is 9.39 Å². The Balaban J connectivity index is 1.59. The molecule has 0 radical (unpaired) electrons. The Morgan fingerprint density at radius 1 is 1.22 bits per heavy atom. The highest BCUT2D eigenvalue weighted by Gasteiger charge is 2.42. The van der Waals surface area contributed by atoms with E-state index in [9.17, 15) is 13.2 Å². The van der Waals surface area contributed by atoms with Crippen molar-refractivity contribution in [3.05, 3.63) is 53.3 Å². The van der Waals surface area contributed by atoms with Gasteiger partial charge >= 0.3 is 0 Å². The molecule has 0 saturated carbocycles. The Morgan fingerprint density at radius 3 is 2.62 bits per heavy atom. The van der Waals surface area contributed by atoms with Crippen LogP contribution in [0, 0.1) is 18.3 Å².